The normalized spacial score (nSPS) is 10.4. The van der Waals surface area contributed by atoms with Crippen molar-refractivity contribution in [2.75, 3.05) is 0 Å². The summed E-state index contributed by atoms with van der Waals surface area (Å²) in [6, 6.07) is 3.49. The number of nitrogens with two attached hydrogens (primary N) is 1. The quantitative estimate of drug-likeness (QED) is 0.270. The summed E-state index contributed by atoms with van der Waals surface area (Å²) in [5.41, 5.74) is 8.44. The minimum absolute atomic E-state index is 0.0842. The van der Waals surface area contributed by atoms with Crippen LogP contribution in [0.4, 0.5) is 0 Å². The van der Waals surface area contributed by atoms with Crippen LogP contribution >= 0.6 is 44.1 Å². The number of esters is 1. The van der Waals surface area contributed by atoms with E-state index in [1.807, 2.05) is 0 Å². The van der Waals surface area contributed by atoms with Gasteiger partial charge in [-0.2, -0.15) is 5.10 Å². The molecule has 0 bridgehead atoms. The number of carbonyl (C=O) groups excluding carboxylic acids is 1. The largest absolute Gasteiger partial charge is 0.424 e. The second-order valence-corrected chi connectivity index (χ2v) is 5.29. The van der Waals surface area contributed by atoms with Crippen LogP contribution in [0.25, 0.3) is 0 Å². The molecule has 0 unspecified atom stereocenters. The van der Waals surface area contributed by atoms with E-state index in [1.54, 1.807) is 12.1 Å². The zero-order chi connectivity index (χ0) is 13.7. The summed E-state index contributed by atoms with van der Waals surface area (Å²) in [4.78, 5) is 10.9. The molecule has 0 fully saturated rings. The zero-order valence-electron chi connectivity index (χ0n) is 9.24. The van der Waals surface area contributed by atoms with Crippen LogP contribution in [0, 0.1) is 0 Å². The molecule has 96 valence electrons. The number of carbonyl (C=O) groups is 1. The fraction of sp³-hybridized carbons (Fsp3) is 0.100. The Bertz CT molecular complexity index is 497. The van der Waals surface area contributed by atoms with E-state index in [1.165, 1.54) is 13.1 Å². The lowest BCUT2D eigenvalue weighted by Gasteiger charge is -2.07. The van der Waals surface area contributed by atoms with Gasteiger partial charge in [0.1, 0.15) is 0 Å². The van der Waals surface area contributed by atoms with Crippen molar-refractivity contribution in [2.24, 2.45) is 10.8 Å². The number of nitrogens with one attached hydrogen (secondary N) is 1. The first-order chi connectivity index (χ1) is 8.40. The molecule has 0 spiro atoms. The van der Waals surface area contributed by atoms with Gasteiger partial charge in [-0.1, -0.05) is 0 Å². The number of thiocarbonyl (C=S) groups is 1. The van der Waals surface area contributed by atoms with Crippen LogP contribution in [0.5, 0.6) is 5.75 Å². The second-order valence-electron chi connectivity index (χ2n) is 3.14. The number of benzene rings is 1. The van der Waals surface area contributed by atoms with Crippen molar-refractivity contribution in [1.82, 2.24) is 5.43 Å². The van der Waals surface area contributed by atoms with Crippen LogP contribution < -0.4 is 15.9 Å². The van der Waals surface area contributed by atoms with E-state index in [-0.39, 0.29) is 5.11 Å². The van der Waals surface area contributed by atoms with Gasteiger partial charge in [0.2, 0.25) is 0 Å². The number of ether oxygens (including phenoxy) is 1. The Hall–Kier alpha value is -0.990. The van der Waals surface area contributed by atoms with Gasteiger partial charge in [-0.05, 0) is 61.8 Å². The molecule has 0 amide bonds. The Labute approximate surface area is 126 Å². The van der Waals surface area contributed by atoms with Crippen LogP contribution in [0.1, 0.15) is 12.5 Å². The average molecular weight is 395 g/mol. The number of hydrogen-bond donors (Lipinski definition) is 2. The molecule has 3 N–H and O–H groups in total. The molecule has 0 aromatic heterocycles. The van der Waals surface area contributed by atoms with E-state index < -0.39 is 5.97 Å². The second kappa shape index (κ2) is 6.81. The van der Waals surface area contributed by atoms with Crippen molar-refractivity contribution in [3.05, 3.63) is 26.6 Å². The molecule has 1 aromatic carbocycles. The van der Waals surface area contributed by atoms with Gasteiger partial charge in [0.25, 0.3) is 0 Å². The van der Waals surface area contributed by atoms with Crippen molar-refractivity contribution < 1.29 is 9.53 Å². The van der Waals surface area contributed by atoms with Crippen LogP contribution in [-0.4, -0.2) is 17.3 Å². The Morgan fingerprint density at radius 3 is 2.50 bits per heavy atom. The summed E-state index contributed by atoms with van der Waals surface area (Å²) in [5.74, 6) is 0.0231. The Balaban J connectivity index is 2.95. The summed E-state index contributed by atoms with van der Waals surface area (Å²) in [7, 11) is 0. The monoisotopic (exact) mass is 393 g/mol. The van der Waals surface area contributed by atoms with E-state index in [2.05, 4.69) is 54.6 Å². The Kier molecular flexibility index (Phi) is 5.70. The molecule has 0 aliphatic carbocycles. The zero-order valence-corrected chi connectivity index (χ0v) is 13.2. The Morgan fingerprint density at radius 1 is 1.50 bits per heavy atom. The van der Waals surface area contributed by atoms with Gasteiger partial charge >= 0.3 is 5.97 Å². The molecule has 0 radical (unpaired) electrons. The van der Waals surface area contributed by atoms with Crippen molar-refractivity contribution in [3.63, 3.8) is 0 Å². The van der Waals surface area contributed by atoms with E-state index in [4.69, 9.17) is 10.5 Å². The van der Waals surface area contributed by atoms with Crippen molar-refractivity contribution in [3.8, 4) is 5.75 Å². The van der Waals surface area contributed by atoms with Gasteiger partial charge in [-0.3, -0.25) is 10.2 Å². The molecule has 0 aliphatic rings. The average Bonchev–Trinajstić information content (AvgIpc) is 2.22. The molecule has 0 aliphatic heterocycles. The van der Waals surface area contributed by atoms with Crippen LogP contribution in [0.3, 0.4) is 0 Å². The SMILES string of the molecule is CC(=O)Oc1c(Br)cc(/C=N\NC(N)=S)cc1Br. The molecule has 0 saturated heterocycles. The fourth-order valence-corrected chi connectivity index (χ4v) is 2.50. The molecule has 0 heterocycles. The smallest absolute Gasteiger partial charge is 0.308 e. The number of nitrogens with zero attached hydrogens (tertiary/aromatic N) is 1. The molecule has 1 aromatic rings. The maximum Gasteiger partial charge on any atom is 0.308 e. The van der Waals surface area contributed by atoms with Gasteiger partial charge in [0.05, 0.1) is 15.2 Å². The van der Waals surface area contributed by atoms with Crippen LogP contribution in [-0.2, 0) is 4.79 Å². The number of hydrogen-bond acceptors (Lipinski definition) is 4. The molecule has 1 rings (SSSR count). The number of hydrazone groups is 1. The minimum atomic E-state index is -0.395. The standard InChI is InChI=1S/C10H9Br2N3O2S/c1-5(16)17-9-7(11)2-6(3-8(9)12)4-14-15-10(13)18/h2-4H,1H3,(H3,13,15,18)/b14-4-. The van der Waals surface area contributed by atoms with Crippen molar-refractivity contribution in [1.29, 1.82) is 0 Å². The first-order valence-electron chi connectivity index (χ1n) is 4.66. The summed E-state index contributed by atoms with van der Waals surface area (Å²) < 4.78 is 6.30. The maximum atomic E-state index is 10.9. The first kappa shape index (κ1) is 15.1. The summed E-state index contributed by atoms with van der Waals surface area (Å²) in [6.07, 6.45) is 1.53. The highest BCUT2D eigenvalue weighted by Gasteiger charge is 2.10. The highest BCUT2D eigenvalue weighted by atomic mass is 79.9. The fourth-order valence-electron chi connectivity index (χ4n) is 1.07. The van der Waals surface area contributed by atoms with E-state index in [0.29, 0.717) is 14.7 Å². The summed E-state index contributed by atoms with van der Waals surface area (Å²) in [5, 5.41) is 3.91. The number of rotatable bonds is 3. The van der Waals surface area contributed by atoms with Gasteiger partial charge in [0, 0.05) is 6.92 Å². The predicted molar refractivity (Wildman–Crippen MR) is 80.7 cm³/mol. The van der Waals surface area contributed by atoms with E-state index in [0.717, 1.165) is 5.56 Å². The number of halogens is 2. The molecular formula is C10H9Br2N3O2S. The van der Waals surface area contributed by atoms with Crippen molar-refractivity contribution in [2.45, 2.75) is 6.92 Å². The topological polar surface area (TPSA) is 76.7 Å². The van der Waals surface area contributed by atoms with Crippen LogP contribution in [0.2, 0.25) is 0 Å². The highest BCUT2D eigenvalue weighted by molar-refractivity contribution is 9.11. The minimum Gasteiger partial charge on any atom is -0.424 e. The molecule has 0 atom stereocenters. The predicted octanol–water partition coefficient (Wildman–Crippen LogP) is 2.30. The molecular weight excluding hydrogens is 386 g/mol. The van der Waals surface area contributed by atoms with Gasteiger partial charge in [0.15, 0.2) is 10.9 Å². The summed E-state index contributed by atoms with van der Waals surface area (Å²) >= 11 is 11.2. The lowest BCUT2D eigenvalue weighted by molar-refractivity contribution is -0.131. The van der Waals surface area contributed by atoms with Crippen LogP contribution in [0.15, 0.2) is 26.2 Å². The molecule has 5 nitrogen and oxygen atoms in total. The maximum absolute atomic E-state index is 10.9. The van der Waals surface area contributed by atoms with Crippen molar-refractivity contribution >= 4 is 61.4 Å². The Morgan fingerprint density at radius 2 is 2.06 bits per heavy atom. The third kappa shape index (κ3) is 4.71. The molecule has 18 heavy (non-hydrogen) atoms. The van der Waals surface area contributed by atoms with Gasteiger partial charge < -0.3 is 10.5 Å². The lowest BCUT2D eigenvalue weighted by Crippen LogP contribution is -2.23. The summed E-state index contributed by atoms with van der Waals surface area (Å²) in [6.45, 7) is 1.33. The third-order valence-electron chi connectivity index (χ3n) is 1.65. The van der Waals surface area contributed by atoms with E-state index >= 15 is 0 Å². The third-order valence-corrected chi connectivity index (χ3v) is 2.92. The molecule has 0 saturated carbocycles. The first-order valence-corrected chi connectivity index (χ1v) is 6.65. The van der Waals surface area contributed by atoms with E-state index in [9.17, 15) is 4.79 Å². The molecule has 8 heteroatoms. The lowest BCUT2D eigenvalue weighted by atomic mass is 10.2. The van der Waals surface area contributed by atoms with Gasteiger partial charge in [-0.15, -0.1) is 0 Å². The highest BCUT2D eigenvalue weighted by Crippen LogP contribution is 2.34. The van der Waals surface area contributed by atoms with Gasteiger partial charge in [-0.25, -0.2) is 0 Å².